The van der Waals surface area contributed by atoms with E-state index >= 15 is 0 Å². The highest BCUT2D eigenvalue weighted by Gasteiger charge is 2.32. The van der Waals surface area contributed by atoms with E-state index in [2.05, 4.69) is 11.9 Å². The largest absolute Gasteiger partial charge is 0.490 e. The van der Waals surface area contributed by atoms with Crippen LogP contribution in [-0.4, -0.2) is 24.7 Å². The number of carbonyl (C=O) groups is 1. The number of sulfonamides is 1. The van der Waals surface area contributed by atoms with Crippen LogP contribution in [0.5, 0.6) is 5.75 Å². The average molecular weight is 419 g/mol. The molecule has 2 aliphatic rings. The number of nitrogens with zero attached hydrogens (tertiary/aromatic N) is 1. The van der Waals surface area contributed by atoms with E-state index < -0.39 is 10.0 Å². The first kappa shape index (κ1) is 19.2. The van der Waals surface area contributed by atoms with Gasteiger partial charge in [-0.05, 0) is 67.7 Å². The molecule has 1 aliphatic carbocycles. The smallest absolute Gasteiger partial charge is 0.248 e. The van der Waals surface area contributed by atoms with Crippen LogP contribution in [0.3, 0.4) is 0 Å². The molecule has 0 bridgehead atoms. The molecule has 1 aliphatic heterocycles. The van der Waals surface area contributed by atoms with Gasteiger partial charge in [0.25, 0.3) is 0 Å². The number of benzene rings is 1. The quantitative estimate of drug-likeness (QED) is 0.722. The molecule has 8 heteroatoms. The summed E-state index contributed by atoms with van der Waals surface area (Å²) in [5.74, 6) is 0.443. The zero-order valence-corrected chi connectivity index (χ0v) is 17.0. The maximum Gasteiger partial charge on any atom is 0.248 e. The molecule has 1 amide bonds. The van der Waals surface area contributed by atoms with Crippen LogP contribution in [0.2, 0.25) is 0 Å². The number of carbonyl (C=O) groups excluding carboxylic acids is 1. The minimum Gasteiger partial charge on any atom is -0.490 e. The van der Waals surface area contributed by atoms with Crippen molar-refractivity contribution in [2.45, 2.75) is 49.8 Å². The van der Waals surface area contributed by atoms with E-state index in [9.17, 15) is 13.2 Å². The predicted molar refractivity (Wildman–Crippen MR) is 109 cm³/mol. The summed E-state index contributed by atoms with van der Waals surface area (Å²) >= 11 is 1.40. The van der Waals surface area contributed by atoms with Crippen LogP contribution in [0.1, 0.15) is 36.1 Å². The Morgan fingerprint density at radius 2 is 1.93 bits per heavy atom. The van der Waals surface area contributed by atoms with Gasteiger partial charge in [0.05, 0.1) is 16.0 Å². The van der Waals surface area contributed by atoms with E-state index in [0.29, 0.717) is 23.8 Å². The van der Waals surface area contributed by atoms with Crippen molar-refractivity contribution in [1.82, 2.24) is 4.31 Å². The van der Waals surface area contributed by atoms with Gasteiger partial charge in [0.2, 0.25) is 15.9 Å². The van der Waals surface area contributed by atoms with E-state index in [1.54, 1.807) is 24.3 Å². The molecule has 1 aromatic heterocycles. The second-order valence-corrected chi connectivity index (χ2v) is 10.1. The van der Waals surface area contributed by atoms with Crippen molar-refractivity contribution < 1.29 is 17.9 Å². The first-order chi connectivity index (χ1) is 13.5. The highest BCUT2D eigenvalue weighted by atomic mass is 32.2. The van der Waals surface area contributed by atoms with E-state index in [-0.39, 0.29) is 16.9 Å². The van der Waals surface area contributed by atoms with E-state index in [1.807, 2.05) is 6.07 Å². The molecule has 0 spiro atoms. The summed E-state index contributed by atoms with van der Waals surface area (Å²) in [7, 11) is -3.58. The minimum atomic E-state index is -3.58. The van der Waals surface area contributed by atoms with Crippen molar-refractivity contribution in [1.29, 1.82) is 0 Å². The molecule has 6 nitrogen and oxygen atoms in total. The third kappa shape index (κ3) is 3.85. The third-order valence-corrected chi connectivity index (χ3v) is 7.94. The van der Waals surface area contributed by atoms with Crippen LogP contribution >= 0.6 is 11.3 Å². The molecular formula is C20H22N2O4S2. The summed E-state index contributed by atoms with van der Waals surface area (Å²) in [5, 5.41) is 3.43. The van der Waals surface area contributed by atoms with Crippen LogP contribution in [-0.2, 0) is 27.9 Å². The molecule has 0 radical (unpaired) electrons. The van der Waals surface area contributed by atoms with Gasteiger partial charge in [-0.2, -0.15) is 4.31 Å². The molecule has 1 saturated carbocycles. The number of fused-ring (bicyclic) bond motifs is 1. The Bertz CT molecular complexity index is 966. The van der Waals surface area contributed by atoms with Crippen molar-refractivity contribution in [2.24, 2.45) is 0 Å². The molecule has 148 valence electrons. The third-order valence-electron chi connectivity index (χ3n) is 5.06. The fraction of sp³-hybridized carbons (Fsp3) is 0.350. The SMILES string of the molecule is C=CC(=O)Nc1cc2c(s1)CN(S(=O)(=O)c1ccc(OC3CCCC3)cc1)C2. The monoisotopic (exact) mass is 418 g/mol. The van der Waals surface area contributed by atoms with Gasteiger partial charge in [-0.1, -0.05) is 6.58 Å². The molecule has 1 aromatic carbocycles. The van der Waals surface area contributed by atoms with Crippen LogP contribution < -0.4 is 10.1 Å². The molecule has 2 aromatic rings. The standard InChI is InChI=1S/C20H22N2O4S2/c1-2-19(23)21-20-11-14-12-22(13-18(14)27-20)28(24,25)17-9-7-16(8-10-17)26-15-5-3-4-6-15/h2,7-11,15H,1,3-6,12-13H2,(H,21,23). The zero-order valence-electron chi connectivity index (χ0n) is 15.4. The first-order valence-electron chi connectivity index (χ1n) is 9.27. The second kappa shape index (κ2) is 7.69. The minimum absolute atomic E-state index is 0.243. The van der Waals surface area contributed by atoms with Crippen LogP contribution in [0.25, 0.3) is 0 Å². The summed E-state index contributed by atoms with van der Waals surface area (Å²) in [6, 6.07) is 8.53. The maximum atomic E-state index is 13.0. The van der Waals surface area contributed by atoms with Gasteiger partial charge in [-0.3, -0.25) is 4.79 Å². The van der Waals surface area contributed by atoms with Gasteiger partial charge in [-0.15, -0.1) is 11.3 Å². The molecule has 0 saturated heterocycles. The summed E-state index contributed by atoms with van der Waals surface area (Å²) in [5.41, 5.74) is 0.925. The number of rotatable bonds is 6. The Morgan fingerprint density at radius 1 is 1.21 bits per heavy atom. The lowest BCUT2D eigenvalue weighted by Gasteiger charge is -2.17. The van der Waals surface area contributed by atoms with Gasteiger partial charge in [-0.25, -0.2) is 8.42 Å². The Balaban J connectivity index is 1.44. The molecule has 2 heterocycles. The lowest BCUT2D eigenvalue weighted by atomic mass is 10.3. The van der Waals surface area contributed by atoms with Gasteiger partial charge in [0.1, 0.15) is 5.75 Å². The van der Waals surface area contributed by atoms with Crippen molar-refractivity contribution in [3.63, 3.8) is 0 Å². The molecule has 1 N–H and O–H groups in total. The second-order valence-electron chi connectivity index (χ2n) is 7.02. The van der Waals surface area contributed by atoms with E-state index in [1.165, 1.54) is 34.6 Å². The van der Waals surface area contributed by atoms with Gasteiger partial charge in [0, 0.05) is 18.0 Å². The Morgan fingerprint density at radius 3 is 2.57 bits per heavy atom. The van der Waals surface area contributed by atoms with Gasteiger partial charge in [0.15, 0.2) is 0 Å². The molecule has 4 rings (SSSR count). The van der Waals surface area contributed by atoms with Crippen LogP contribution in [0, 0.1) is 0 Å². The number of ether oxygens (including phenoxy) is 1. The molecule has 1 fully saturated rings. The molecular weight excluding hydrogens is 396 g/mol. The number of hydrogen-bond acceptors (Lipinski definition) is 5. The predicted octanol–water partition coefficient (Wildman–Crippen LogP) is 3.90. The van der Waals surface area contributed by atoms with Crippen LogP contribution in [0.4, 0.5) is 5.00 Å². The fourth-order valence-corrected chi connectivity index (χ4v) is 6.14. The van der Waals surface area contributed by atoms with Crippen molar-refractivity contribution in [2.75, 3.05) is 5.32 Å². The number of hydrogen-bond donors (Lipinski definition) is 1. The Kier molecular flexibility index (Phi) is 5.27. The normalized spacial score (nSPS) is 17.4. The number of thiophene rings is 1. The summed E-state index contributed by atoms with van der Waals surface area (Å²) in [6.45, 7) is 4.04. The van der Waals surface area contributed by atoms with E-state index in [0.717, 1.165) is 23.3 Å². The lowest BCUT2D eigenvalue weighted by Crippen LogP contribution is -2.25. The molecule has 0 atom stereocenters. The zero-order chi connectivity index (χ0) is 19.7. The molecule has 28 heavy (non-hydrogen) atoms. The van der Waals surface area contributed by atoms with Crippen LogP contribution in [0.15, 0.2) is 47.9 Å². The van der Waals surface area contributed by atoms with Crippen molar-refractivity contribution >= 4 is 32.3 Å². The highest BCUT2D eigenvalue weighted by Crippen LogP contribution is 2.37. The average Bonchev–Trinajstić information content (AvgIpc) is 3.39. The highest BCUT2D eigenvalue weighted by molar-refractivity contribution is 7.89. The summed E-state index contributed by atoms with van der Waals surface area (Å²) < 4.78 is 33.3. The van der Waals surface area contributed by atoms with Crippen molar-refractivity contribution in [3.05, 3.63) is 53.4 Å². The van der Waals surface area contributed by atoms with E-state index in [4.69, 9.17) is 4.74 Å². The summed E-state index contributed by atoms with van der Waals surface area (Å²) in [6.07, 6.45) is 5.95. The lowest BCUT2D eigenvalue weighted by molar-refractivity contribution is -0.111. The van der Waals surface area contributed by atoms with Crippen molar-refractivity contribution in [3.8, 4) is 5.75 Å². The van der Waals surface area contributed by atoms with Gasteiger partial charge < -0.3 is 10.1 Å². The summed E-state index contributed by atoms with van der Waals surface area (Å²) in [4.78, 5) is 12.6. The topological polar surface area (TPSA) is 75.7 Å². The Labute approximate surface area is 168 Å². The Hall–Kier alpha value is -2.16. The first-order valence-corrected chi connectivity index (χ1v) is 11.5. The maximum absolute atomic E-state index is 13.0. The fourth-order valence-electron chi connectivity index (χ4n) is 3.58. The number of nitrogens with one attached hydrogen (secondary N) is 1. The number of amides is 1. The molecule has 0 unspecified atom stereocenters. The van der Waals surface area contributed by atoms with Gasteiger partial charge >= 0.3 is 0 Å². The number of anilines is 1.